The van der Waals surface area contributed by atoms with Gasteiger partial charge in [-0.3, -0.25) is 0 Å². The third kappa shape index (κ3) is 1.12. The van der Waals surface area contributed by atoms with E-state index in [0.717, 1.165) is 31.5 Å². The second-order valence-corrected chi connectivity index (χ2v) is 4.70. The predicted octanol–water partition coefficient (Wildman–Crippen LogP) is 1.56. The summed E-state index contributed by atoms with van der Waals surface area (Å²) >= 11 is 0. The molecule has 1 aliphatic carbocycles. The summed E-state index contributed by atoms with van der Waals surface area (Å²) in [5.41, 5.74) is 7.41. The minimum absolute atomic E-state index is 0.0999. The van der Waals surface area contributed by atoms with Crippen LogP contribution in [0.15, 0.2) is 6.20 Å². The van der Waals surface area contributed by atoms with Gasteiger partial charge in [-0.1, -0.05) is 12.8 Å². The normalized spacial score (nSPS) is 24.1. The maximum absolute atomic E-state index is 6.37. The monoisotopic (exact) mass is 191 g/mol. The lowest BCUT2D eigenvalue weighted by Crippen LogP contribution is -2.33. The minimum atomic E-state index is -0.0999. The molecule has 14 heavy (non-hydrogen) atoms. The Kier molecular flexibility index (Phi) is 1.71. The van der Waals surface area contributed by atoms with Crippen LogP contribution in [0.5, 0.6) is 0 Å². The lowest BCUT2D eigenvalue weighted by molar-refractivity contribution is 0.447. The van der Waals surface area contributed by atoms with Crippen molar-refractivity contribution >= 4 is 0 Å². The van der Waals surface area contributed by atoms with Crippen LogP contribution < -0.4 is 5.73 Å². The summed E-state index contributed by atoms with van der Waals surface area (Å²) in [7, 11) is 0. The summed E-state index contributed by atoms with van der Waals surface area (Å²) in [6.07, 6.45) is 9.33. The largest absolute Gasteiger partial charge is 0.335 e. The fourth-order valence-electron chi connectivity index (χ4n) is 2.76. The summed E-state index contributed by atoms with van der Waals surface area (Å²) in [6, 6.07) is 0. The number of hydrogen-bond acceptors (Lipinski definition) is 2. The van der Waals surface area contributed by atoms with E-state index in [0.29, 0.717) is 0 Å². The zero-order valence-electron chi connectivity index (χ0n) is 8.50. The summed E-state index contributed by atoms with van der Waals surface area (Å²) < 4.78 is 2.28. The van der Waals surface area contributed by atoms with E-state index in [2.05, 4.69) is 15.7 Å². The molecule has 0 spiro atoms. The van der Waals surface area contributed by atoms with Crippen molar-refractivity contribution < 1.29 is 0 Å². The number of hydrogen-bond donors (Lipinski definition) is 1. The van der Waals surface area contributed by atoms with Crippen LogP contribution in [0.3, 0.4) is 0 Å². The van der Waals surface area contributed by atoms with Crippen molar-refractivity contribution in [3.63, 3.8) is 0 Å². The summed E-state index contributed by atoms with van der Waals surface area (Å²) in [4.78, 5) is 4.68. The molecule has 1 saturated carbocycles. The van der Waals surface area contributed by atoms with Gasteiger partial charge in [0.15, 0.2) is 0 Å². The van der Waals surface area contributed by atoms with E-state index in [9.17, 15) is 0 Å². The van der Waals surface area contributed by atoms with Gasteiger partial charge in [-0.2, -0.15) is 0 Å². The van der Waals surface area contributed by atoms with Gasteiger partial charge in [0.25, 0.3) is 0 Å². The van der Waals surface area contributed by atoms with Crippen LogP contribution in [0.25, 0.3) is 0 Å². The standard InChI is InChI=1S/C11H17N3/c12-11(5-1-2-6-11)9-8-14-7-3-4-10(14)13-9/h8H,1-7,12H2. The molecule has 1 aliphatic heterocycles. The van der Waals surface area contributed by atoms with Gasteiger partial charge in [-0.05, 0) is 19.3 Å². The van der Waals surface area contributed by atoms with E-state index in [1.807, 2.05) is 0 Å². The van der Waals surface area contributed by atoms with E-state index < -0.39 is 0 Å². The minimum Gasteiger partial charge on any atom is -0.335 e. The molecular weight excluding hydrogens is 174 g/mol. The summed E-state index contributed by atoms with van der Waals surface area (Å²) in [6.45, 7) is 1.14. The average molecular weight is 191 g/mol. The van der Waals surface area contributed by atoms with Gasteiger partial charge < -0.3 is 10.3 Å². The molecule has 0 radical (unpaired) electrons. The molecule has 2 heterocycles. The maximum Gasteiger partial charge on any atom is 0.109 e. The molecule has 1 fully saturated rings. The van der Waals surface area contributed by atoms with Crippen molar-refractivity contribution in [1.82, 2.24) is 9.55 Å². The van der Waals surface area contributed by atoms with Gasteiger partial charge in [0.1, 0.15) is 5.82 Å². The Morgan fingerprint density at radius 2 is 2.07 bits per heavy atom. The van der Waals surface area contributed by atoms with Crippen LogP contribution in [0.4, 0.5) is 0 Å². The predicted molar refractivity (Wildman–Crippen MR) is 54.9 cm³/mol. The van der Waals surface area contributed by atoms with Gasteiger partial charge in [0.05, 0.1) is 11.2 Å². The van der Waals surface area contributed by atoms with E-state index in [1.54, 1.807) is 0 Å². The van der Waals surface area contributed by atoms with Crippen LogP contribution in [0, 0.1) is 0 Å². The van der Waals surface area contributed by atoms with Crippen LogP contribution in [-0.4, -0.2) is 9.55 Å². The highest BCUT2D eigenvalue weighted by atomic mass is 15.1. The quantitative estimate of drug-likeness (QED) is 0.732. The Bertz CT molecular complexity index is 326. The third-order valence-corrected chi connectivity index (χ3v) is 3.66. The van der Waals surface area contributed by atoms with Crippen molar-refractivity contribution in [2.24, 2.45) is 5.73 Å². The first-order valence-corrected chi connectivity index (χ1v) is 5.63. The van der Waals surface area contributed by atoms with Gasteiger partial charge in [0.2, 0.25) is 0 Å². The Morgan fingerprint density at radius 1 is 1.29 bits per heavy atom. The molecule has 76 valence electrons. The van der Waals surface area contributed by atoms with Crippen molar-refractivity contribution in [3.8, 4) is 0 Å². The molecule has 3 nitrogen and oxygen atoms in total. The molecule has 0 unspecified atom stereocenters. The Hall–Kier alpha value is -0.830. The second kappa shape index (κ2) is 2.83. The highest BCUT2D eigenvalue weighted by molar-refractivity contribution is 5.18. The number of aryl methyl sites for hydroxylation is 2. The number of fused-ring (bicyclic) bond motifs is 1. The number of nitrogens with two attached hydrogens (primary N) is 1. The van der Waals surface area contributed by atoms with Crippen molar-refractivity contribution in [2.75, 3.05) is 0 Å². The second-order valence-electron chi connectivity index (χ2n) is 4.70. The SMILES string of the molecule is NC1(c2cn3c(n2)CCC3)CCCC1. The van der Waals surface area contributed by atoms with E-state index in [-0.39, 0.29) is 5.54 Å². The van der Waals surface area contributed by atoms with Gasteiger partial charge in [-0.25, -0.2) is 4.98 Å². The molecular formula is C11H17N3. The number of aromatic nitrogens is 2. The Morgan fingerprint density at radius 3 is 2.79 bits per heavy atom. The Labute approximate surface area is 84.3 Å². The average Bonchev–Trinajstić information content (AvgIpc) is 2.75. The summed E-state index contributed by atoms with van der Waals surface area (Å²) in [5, 5.41) is 0. The van der Waals surface area contributed by atoms with E-state index in [1.165, 1.54) is 25.1 Å². The van der Waals surface area contributed by atoms with E-state index in [4.69, 9.17) is 5.73 Å². The van der Waals surface area contributed by atoms with Gasteiger partial charge in [0, 0.05) is 19.2 Å². The Balaban J connectivity index is 1.96. The molecule has 1 aromatic rings. The molecule has 2 N–H and O–H groups in total. The molecule has 0 amide bonds. The molecule has 2 aliphatic rings. The molecule has 3 rings (SSSR count). The topological polar surface area (TPSA) is 43.8 Å². The molecule has 0 aromatic carbocycles. The van der Waals surface area contributed by atoms with Crippen LogP contribution in [0.1, 0.15) is 43.6 Å². The fraction of sp³-hybridized carbons (Fsp3) is 0.727. The molecule has 3 heteroatoms. The lowest BCUT2D eigenvalue weighted by Gasteiger charge is -2.20. The van der Waals surface area contributed by atoms with Crippen LogP contribution in [0.2, 0.25) is 0 Å². The maximum atomic E-state index is 6.37. The highest BCUT2D eigenvalue weighted by Crippen LogP contribution is 2.36. The van der Waals surface area contributed by atoms with Crippen molar-refractivity contribution in [2.45, 2.75) is 50.6 Å². The van der Waals surface area contributed by atoms with Crippen LogP contribution >= 0.6 is 0 Å². The zero-order chi connectivity index (χ0) is 9.60. The van der Waals surface area contributed by atoms with Crippen LogP contribution in [-0.2, 0) is 18.5 Å². The smallest absolute Gasteiger partial charge is 0.109 e. The lowest BCUT2D eigenvalue weighted by atomic mass is 9.95. The van der Waals surface area contributed by atoms with E-state index >= 15 is 0 Å². The molecule has 0 bridgehead atoms. The number of rotatable bonds is 1. The summed E-state index contributed by atoms with van der Waals surface area (Å²) in [5.74, 6) is 1.25. The first-order valence-electron chi connectivity index (χ1n) is 5.63. The highest BCUT2D eigenvalue weighted by Gasteiger charge is 2.34. The molecule has 0 atom stereocenters. The zero-order valence-corrected chi connectivity index (χ0v) is 8.50. The van der Waals surface area contributed by atoms with Gasteiger partial charge >= 0.3 is 0 Å². The first kappa shape index (κ1) is 8.48. The number of nitrogens with zero attached hydrogens (tertiary/aromatic N) is 2. The first-order chi connectivity index (χ1) is 6.78. The fourth-order valence-corrected chi connectivity index (χ4v) is 2.76. The van der Waals surface area contributed by atoms with Crippen molar-refractivity contribution in [3.05, 3.63) is 17.7 Å². The molecule has 1 aromatic heterocycles. The van der Waals surface area contributed by atoms with Gasteiger partial charge in [-0.15, -0.1) is 0 Å². The third-order valence-electron chi connectivity index (χ3n) is 3.66. The number of imidazole rings is 1. The van der Waals surface area contributed by atoms with Crippen molar-refractivity contribution in [1.29, 1.82) is 0 Å². The molecule has 0 saturated heterocycles.